The molecule has 18 heavy (non-hydrogen) atoms. The number of aliphatic hydroxyl groups is 1. The quantitative estimate of drug-likeness (QED) is 0.608. The van der Waals surface area contributed by atoms with Crippen LogP contribution in [0.5, 0.6) is 0 Å². The third kappa shape index (κ3) is 2.57. The lowest BCUT2D eigenvalue weighted by Crippen LogP contribution is -2.44. The summed E-state index contributed by atoms with van der Waals surface area (Å²) in [5.41, 5.74) is 1.01. The molecular weight excluding hydrogens is 240 g/mol. The van der Waals surface area contributed by atoms with E-state index in [-0.39, 0.29) is 5.04 Å². The minimum Gasteiger partial charge on any atom is -0.544 e. The highest BCUT2D eigenvalue weighted by molar-refractivity contribution is 6.74. The Labute approximate surface area is 113 Å². The third-order valence-corrected chi connectivity index (χ3v) is 8.82. The van der Waals surface area contributed by atoms with Gasteiger partial charge in [-0.25, -0.2) is 0 Å². The summed E-state index contributed by atoms with van der Waals surface area (Å²) in [6.45, 7) is 18.9. The Kier molecular flexibility index (Phi) is 3.91. The smallest absolute Gasteiger partial charge is 0.250 e. The van der Waals surface area contributed by atoms with Gasteiger partial charge < -0.3 is 9.53 Å². The largest absolute Gasteiger partial charge is 0.544 e. The van der Waals surface area contributed by atoms with Gasteiger partial charge in [-0.2, -0.15) is 0 Å². The fraction of sp³-hybridized carbons (Fsp3) is 0.733. The predicted molar refractivity (Wildman–Crippen MR) is 80.0 cm³/mol. The molecule has 3 heteroatoms. The van der Waals surface area contributed by atoms with Crippen molar-refractivity contribution in [3.8, 4) is 0 Å². The first-order valence-electron chi connectivity index (χ1n) is 6.69. The lowest BCUT2D eigenvalue weighted by Gasteiger charge is -2.40. The maximum absolute atomic E-state index is 10.8. The molecule has 1 aliphatic rings. The summed E-state index contributed by atoms with van der Waals surface area (Å²) in [5.74, 6) is 0.779. The van der Waals surface area contributed by atoms with Gasteiger partial charge in [-0.1, -0.05) is 27.4 Å². The molecule has 0 fully saturated rings. The van der Waals surface area contributed by atoms with E-state index in [1.165, 1.54) is 5.57 Å². The van der Waals surface area contributed by atoms with Crippen LogP contribution < -0.4 is 0 Å². The molecule has 0 aromatic carbocycles. The van der Waals surface area contributed by atoms with Gasteiger partial charge in [0.05, 0.1) is 0 Å². The van der Waals surface area contributed by atoms with Gasteiger partial charge in [0.2, 0.25) is 8.32 Å². The van der Waals surface area contributed by atoms with Crippen molar-refractivity contribution in [2.24, 2.45) is 0 Å². The molecule has 0 bridgehead atoms. The molecule has 0 heterocycles. The van der Waals surface area contributed by atoms with E-state index in [2.05, 4.69) is 47.4 Å². The number of allylic oxidation sites excluding steroid dienone is 1. The summed E-state index contributed by atoms with van der Waals surface area (Å²) in [5, 5.41) is 10.9. The van der Waals surface area contributed by atoms with Gasteiger partial charge in [0.1, 0.15) is 11.4 Å². The Morgan fingerprint density at radius 1 is 1.39 bits per heavy atom. The highest BCUT2D eigenvalue weighted by atomic mass is 28.4. The molecule has 104 valence electrons. The molecule has 0 aromatic heterocycles. The Bertz CT molecular complexity index is 388. The summed E-state index contributed by atoms with van der Waals surface area (Å²) in [4.78, 5) is 0. The van der Waals surface area contributed by atoms with Crippen LogP contribution in [0.15, 0.2) is 23.5 Å². The van der Waals surface area contributed by atoms with Crippen molar-refractivity contribution >= 4 is 8.32 Å². The number of rotatable bonds is 3. The maximum atomic E-state index is 10.8. The number of hydrogen-bond acceptors (Lipinski definition) is 2. The van der Waals surface area contributed by atoms with Crippen LogP contribution in [0, 0.1) is 0 Å². The second-order valence-electron chi connectivity index (χ2n) is 7.11. The zero-order valence-electron chi connectivity index (χ0n) is 13.0. The van der Waals surface area contributed by atoms with Gasteiger partial charge >= 0.3 is 0 Å². The van der Waals surface area contributed by atoms with E-state index >= 15 is 0 Å². The van der Waals surface area contributed by atoms with E-state index in [0.717, 1.165) is 17.8 Å². The van der Waals surface area contributed by atoms with Gasteiger partial charge in [-0.3, -0.25) is 0 Å². The minimum absolute atomic E-state index is 0.138. The van der Waals surface area contributed by atoms with E-state index < -0.39 is 13.9 Å². The van der Waals surface area contributed by atoms with Crippen molar-refractivity contribution in [2.45, 2.75) is 71.2 Å². The second kappa shape index (κ2) is 4.53. The van der Waals surface area contributed by atoms with Crippen molar-refractivity contribution in [3.63, 3.8) is 0 Å². The Morgan fingerprint density at radius 3 is 2.28 bits per heavy atom. The fourth-order valence-corrected chi connectivity index (χ4v) is 3.10. The highest BCUT2D eigenvalue weighted by Gasteiger charge is 2.46. The normalized spacial score (nSPS) is 25.6. The van der Waals surface area contributed by atoms with E-state index in [4.69, 9.17) is 4.43 Å². The van der Waals surface area contributed by atoms with Gasteiger partial charge in [-0.05, 0) is 56.0 Å². The summed E-state index contributed by atoms with van der Waals surface area (Å²) < 4.78 is 6.36. The van der Waals surface area contributed by atoms with Crippen LogP contribution in [0.2, 0.25) is 18.1 Å². The van der Waals surface area contributed by atoms with Crippen molar-refractivity contribution in [3.05, 3.63) is 23.5 Å². The van der Waals surface area contributed by atoms with Crippen LogP contribution in [0.25, 0.3) is 0 Å². The third-order valence-electron chi connectivity index (χ3n) is 4.49. The molecule has 0 amide bonds. The Morgan fingerprint density at radius 2 is 1.89 bits per heavy atom. The predicted octanol–water partition coefficient (Wildman–Crippen LogP) is 4.38. The molecule has 0 saturated heterocycles. The fourth-order valence-electron chi connectivity index (χ4n) is 1.94. The van der Waals surface area contributed by atoms with Crippen molar-refractivity contribution in [1.82, 2.24) is 0 Å². The molecule has 1 unspecified atom stereocenters. The first kappa shape index (κ1) is 15.5. The average Bonchev–Trinajstić information content (AvgIpc) is 2.45. The maximum Gasteiger partial charge on any atom is 0.250 e. The molecule has 0 radical (unpaired) electrons. The molecular formula is C15H28O2Si. The molecule has 2 nitrogen and oxygen atoms in total. The topological polar surface area (TPSA) is 29.5 Å². The highest BCUT2D eigenvalue weighted by Crippen LogP contribution is 2.46. The zero-order valence-corrected chi connectivity index (χ0v) is 14.0. The number of hydrogen-bond donors (Lipinski definition) is 1. The standard InChI is InChI=1S/C15H28O2Si/c1-11(2)15(16)10-9-12(3)13(15)17-18(7,8)14(4,5)6/h16H,1,9-10H2,2-8H3. The molecule has 1 aliphatic carbocycles. The Hall–Kier alpha value is -0.543. The average molecular weight is 268 g/mol. The van der Waals surface area contributed by atoms with E-state index in [1.54, 1.807) is 0 Å². The summed E-state index contributed by atoms with van der Waals surface area (Å²) in [6, 6.07) is 0. The van der Waals surface area contributed by atoms with Crippen LogP contribution in [0.4, 0.5) is 0 Å². The van der Waals surface area contributed by atoms with E-state index in [0.29, 0.717) is 6.42 Å². The summed E-state index contributed by atoms with van der Waals surface area (Å²) in [6.07, 6.45) is 1.60. The van der Waals surface area contributed by atoms with Crippen LogP contribution in [-0.2, 0) is 4.43 Å². The SMILES string of the molecule is C=C(C)C1(O)CCC(C)=C1O[Si](C)(C)C(C)(C)C. The lowest BCUT2D eigenvalue weighted by molar-refractivity contribution is 0.0767. The van der Waals surface area contributed by atoms with Crippen LogP contribution in [0.3, 0.4) is 0 Å². The van der Waals surface area contributed by atoms with Gasteiger partial charge in [-0.15, -0.1) is 0 Å². The van der Waals surface area contributed by atoms with Crippen LogP contribution >= 0.6 is 0 Å². The molecule has 0 saturated carbocycles. The molecule has 0 spiro atoms. The van der Waals surface area contributed by atoms with Gasteiger partial charge in [0, 0.05) is 0 Å². The first-order valence-corrected chi connectivity index (χ1v) is 9.60. The molecule has 1 atom stereocenters. The molecule has 0 aromatic rings. The molecule has 1 N–H and O–H groups in total. The molecule has 1 rings (SSSR count). The second-order valence-corrected chi connectivity index (χ2v) is 11.8. The first-order chi connectivity index (χ1) is 7.92. The molecule has 0 aliphatic heterocycles. The summed E-state index contributed by atoms with van der Waals surface area (Å²) >= 11 is 0. The van der Waals surface area contributed by atoms with E-state index in [9.17, 15) is 5.11 Å². The van der Waals surface area contributed by atoms with Gasteiger partial charge in [0.15, 0.2) is 0 Å². The van der Waals surface area contributed by atoms with Gasteiger partial charge in [0.25, 0.3) is 0 Å². The van der Waals surface area contributed by atoms with Crippen molar-refractivity contribution < 1.29 is 9.53 Å². The van der Waals surface area contributed by atoms with Crippen LogP contribution in [-0.4, -0.2) is 19.0 Å². The van der Waals surface area contributed by atoms with Crippen molar-refractivity contribution in [2.75, 3.05) is 0 Å². The van der Waals surface area contributed by atoms with E-state index in [1.807, 2.05) is 6.92 Å². The summed E-state index contributed by atoms with van der Waals surface area (Å²) in [7, 11) is -1.91. The monoisotopic (exact) mass is 268 g/mol. The van der Waals surface area contributed by atoms with Crippen LogP contribution in [0.1, 0.15) is 47.5 Å². The Balaban J connectivity index is 3.09. The minimum atomic E-state index is -1.91. The lowest BCUT2D eigenvalue weighted by atomic mass is 9.94. The van der Waals surface area contributed by atoms with Crippen molar-refractivity contribution in [1.29, 1.82) is 0 Å². The zero-order chi connectivity index (χ0) is 14.4.